The molecule has 108 valence electrons. The van der Waals surface area contributed by atoms with E-state index in [4.69, 9.17) is 0 Å². The molecule has 0 aliphatic heterocycles. The lowest BCUT2D eigenvalue weighted by Gasteiger charge is -2.19. The van der Waals surface area contributed by atoms with E-state index in [2.05, 4.69) is 67.2 Å². The Morgan fingerprint density at radius 3 is 2.30 bits per heavy atom. The summed E-state index contributed by atoms with van der Waals surface area (Å²) in [6.45, 7) is 7.66. The highest BCUT2D eigenvalue weighted by molar-refractivity contribution is 7.07. The molecule has 0 radical (unpaired) electrons. The van der Waals surface area contributed by atoms with Crippen molar-refractivity contribution >= 4 is 11.3 Å². The number of rotatable bonds is 7. The molecule has 0 amide bonds. The molecule has 1 aromatic heterocycles. The van der Waals surface area contributed by atoms with E-state index in [0.29, 0.717) is 12.0 Å². The maximum Gasteiger partial charge on any atom is 0.00104 e. The lowest BCUT2D eigenvalue weighted by atomic mass is 9.93. The van der Waals surface area contributed by atoms with Gasteiger partial charge in [-0.3, -0.25) is 0 Å². The Bertz CT molecular complexity index is 485. The molecule has 1 heterocycles. The molecule has 0 saturated heterocycles. The summed E-state index contributed by atoms with van der Waals surface area (Å²) in [5.41, 5.74) is 4.25. The average Bonchev–Trinajstić information content (AvgIpc) is 2.91. The second-order valence-electron chi connectivity index (χ2n) is 5.95. The molecule has 0 aliphatic rings. The van der Waals surface area contributed by atoms with Crippen LogP contribution in [0.3, 0.4) is 0 Å². The third-order valence-corrected chi connectivity index (χ3v) is 4.30. The van der Waals surface area contributed by atoms with E-state index in [-0.39, 0.29) is 0 Å². The lowest BCUT2D eigenvalue weighted by molar-refractivity contribution is 0.444. The van der Waals surface area contributed by atoms with Crippen LogP contribution in [0.1, 0.15) is 30.5 Å². The van der Waals surface area contributed by atoms with E-state index in [1.165, 1.54) is 16.7 Å². The molecule has 1 N–H and O–H groups in total. The van der Waals surface area contributed by atoms with Crippen molar-refractivity contribution in [2.75, 3.05) is 6.54 Å². The topological polar surface area (TPSA) is 12.0 Å². The molecular formula is C18H25NS. The second kappa shape index (κ2) is 7.61. The Morgan fingerprint density at radius 1 is 1.00 bits per heavy atom. The van der Waals surface area contributed by atoms with Crippen molar-refractivity contribution in [1.29, 1.82) is 0 Å². The highest BCUT2D eigenvalue weighted by atomic mass is 32.1. The van der Waals surface area contributed by atoms with Gasteiger partial charge in [-0.15, -0.1) is 0 Å². The average molecular weight is 287 g/mol. The molecule has 0 saturated carbocycles. The first-order valence-electron chi connectivity index (χ1n) is 7.43. The molecule has 20 heavy (non-hydrogen) atoms. The van der Waals surface area contributed by atoms with Crippen LogP contribution in [-0.4, -0.2) is 12.6 Å². The Morgan fingerprint density at radius 2 is 1.70 bits per heavy atom. The largest absolute Gasteiger partial charge is 0.314 e. The van der Waals surface area contributed by atoms with Gasteiger partial charge < -0.3 is 5.32 Å². The number of thiophene rings is 1. The number of aryl methyl sites for hydroxylation is 1. The minimum absolute atomic E-state index is 0.554. The van der Waals surface area contributed by atoms with Crippen LogP contribution < -0.4 is 5.32 Å². The molecule has 0 fully saturated rings. The van der Waals surface area contributed by atoms with Crippen molar-refractivity contribution < 1.29 is 0 Å². The number of hydrogen-bond acceptors (Lipinski definition) is 2. The summed E-state index contributed by atoms with van der Waals surface area (Å²) in [5.74, 6) is 0.662. The zero-order chi connectivity index (χ0) is 14.4. The van der Waals surface area contributed by atoms with Crippen LogP contribution in [-0.2, 0) is 12.8 Å². The van der Waals surface area contributed by atoms with Gasteiger partial charge in [0.15, 0.2) is 0 Å². The predicted octanol–water partition coefficient (Wildman–Crippen LogP) is 4.46. The lowest BCUT2D eigenvalue weighted by Crippen LogP contribution is -2.31. The monoisotopic (exact) mass is 287 g/mol. The van der Waals surface area contributed by atoms with Crippen LogP contribution in [0.25, 0.3) is 0 Å². The summed E-state index contributed by atoms with van der Waals surface area (Å²) in [6.07, 6.45) is 2.31. The van der Waals surface area contributed by atoms with Gasteiger partial charge in [0.05, 0.1) is 0 Å². The summed E-state index contributed by atoms with van der Waals surface area (Å²) in [6, 6.07) is 11.8. The Labute approximate surface area is 127 Å². The third kappa shape index (κ3) is 5.10. The zero-order valence-corrected chi connectivity index (χ0v) is 13.5. The maximum absolute atomic E-state index is 3.59. The fraction of sp³-hybridized carbons (Fsp3) is 0.444. The van der Waals surface area contributed by atoms with Gasteiger partial charge in [0.2, 0.25) is 0 Å². The Kier molecular flexibility index (Phi) is 5.81. The molecule has 2 heteroatoms. The Balaban J connectivity index is 1.99. The molecule has 1 unspecified atom stereocenters. The number of hydrogen-bond donors (Lipinski definition) is 1. The molecular weight excluding hydrogens is 262 g/mol. The van der Waals surface area contributed by atoms with Gasteiger partial charge in [0.25, 0.3) is 0 Å². The van der Waals surface area contributed by atoms with Crippen LogP contribution in [0, 0.1) is 12.8 Å². The van der Waals surface area contributed by atoms with Gasteiger partial charge in [-0.25, -0.2) is 0 Å². The van der Waals surface area contributed by atoms with E-state index in [1.807, 2.05) is 0 Å². The predicted molar refractivity (Wildman–Crippen MR) is 89.5 cm³/mol. The fourth-order valence-electron chi connectivity index (χ4n) is 2.42. The van der Waals surface area contributed by atoms with Crippen LogP contribution in [0.4, 0.5) is 0 Å². The van der Waals surface area contributed by atoms with E-state index < -0.39 is 0 Å². The van der Waals surface area contributed by atoms with Gasteiger partial charge in [-0.1, -0.05) is 43.7 Å². The van der Waals surface area contributed by atoms with Crippen molar-refractivity contribution in [3.05, 3.63) is 57.8 Å². The normalized spacial score (nSPS) is 12.8. The zero-order valence-electron chi connectivity index (χ0n) is 12.7. The standard InChI is InChI=1S/C18H25NS/c1-14(2)19-12-18(11-17-8-9-20-13-17)10-16-6-4-15(3)5-7-16/h4-9,13-14,18-19H,10-12H2,1-3H3. The highest BCUT2D eigenvalue weighted by Crippen LogP contribution is 2.17. The van der Waals surface area contributed by atoms with Gasteiger partial charge in [-0.2, -0.15) is 11.3 Å². The van der Waals surface area contributed by atoms with Crippen LogP contribution in [0.2, 0.25) is 0 Å². The van der Waals surface area contributed by atoms with Gasteiger partial charge in [0, 0.05) is 6.04 Å². The molecule has 0 aliphatic carbocycles. The van der Waals surface area contributed by atoms with Crippen LogP contribution in [0.5, 0.6) is 0 Å². The minimum atomic E-state index is 0.554. The first-order valence-corrected chi connectivity index (χ1v) is 8.38. The van der Waals surface area contributed by atoms with E-state index in [9.17, 15) is 0 Å². The van der Waals surface area contributed by atoms with E-state index >= 15 is 0 Å². The fourth-order valence-corrected chi connectivity index (χ4v) is 3.10. The first kappa shape index (κ1) is 15.3. The minimum Gasteiger partial charge on any atom is -0.314 e. The summed E-state index contributed by atoms with van der Waals surface area (Å²) in [7, 11) is 0. The summed E-state index contributed by atoms with van der Waals surface area (Å²) < 4.78 is 0. The molecule has 2 rings (SSSR count). The molecule has 1 atom stereocenters. The van der Waals surface area contributed by atoms with Gasteiger partial charge in [-0.05, 0) is 60.2 Å². The van der Waals surface area contributed by atoms with Crippen LogP contribution in [0.15, 0.2) is 41.1 Å². The smallest absolute Gasteiger partial charge is 0.00104 e. The Hall–Kier alpha value is -1.12. The maximum atomic E-state index is 3.59. The molecule has 0 bridgehead atoms. The van der Waals surface area contributed by atoms with E-state index in [1.54, 1.807) is 11.3 Å². The summed E-state index contributed by atoms with van der Waals surface area (Å²) >= 11 is 1.79. The third-order valence-electron chi connectivity index (χ3n) is 3.56. The quantitative estimate of drug-likeness (QED) is 0.793. The SMILES string of the molecule is Cc1ccc(CC(CNC(C)C)Cc2ccsc2)cc1. The second-order valence-corrected chi connectivity index (χ2v) is 6.73. The highest BCUT2D eigenvalue weighted by Gasteiger charge is 2.12. The van der Waals surface area contributed by atoms with Crippen molar-refractivity contribution in [3.63, 3.8) is 0 Å². The summed E-state index contributed by atoms with van der Waals surface area (Å²) in [4.78, 5) is 0. The van der Waals surface area contributed by atoms with Crippen molar-refractivity contribution in [3.8, 4) is 0 Å². The number of nitrogens with one attached hydrogen (secondary N) is 1. The van der Waals surface area contributed by atoms with Gasteiger partial charge in [0.1, 0.15) is 0 Å². The molecule has 1 nitrogen and oxygen atoms in total. The number of benzene rings is 1. The van der Waals surface area contributed by atoms with Gasteiger partial charge >= 0.3 is 0 Å². The van der Waals surface area contributed by atoms with Crippen LogP contribution >= 0.6 is 11.3 Å². The first-order chi connectivity index (χ1) is 9.63. The summed E-state index contributed by atoms with van der Waals surface area (Å²) in [5, 5.41) is 8.04. The molecule has 0 spiro atoms. The van der Waals surface area contributed by atoms with E-state index in [0.717, 1.165) is 19.4 Å². The molecule has 2 aromatic rings. The van der Waals surface area contributed by atoms with Crippen molar-refractivity contribution in [2.45, 2.75) is 39.7 Å². The van der Waals surface area contributed by atoms with Crippen molar-refractivity contribution in [2.24, 2.45) is 5.92 Å². The van der Waals surface area contributed by atoms with Crippen molar-refractivity contribution in [1.82, 2.24) is 5.32 Å². The molecule has 1 aromatic carbocycles.